The van der Waals surface area contributed by atoms with Crippen LogP contribution in [0.1, 0.15) is 34.3 Å². The maximum atomic E-state index is 13.0. The van der Waals surface area contributed by atoms with Crippen LogP contribution in [0.25, 0.3) is 21.2 Å². The average Bonchev–Trinajstić information content (AvgIpc) is 3.66. The molecule has 1 aromatic heterocycles. The summed E-state index contributed by atoms with van der Waals surface area (Å²) in [5, 5.41) is 31.1. The lowest BCUT2D eigenvalue weighted by molar-refractivity contribution is -0.274. The smallest absolute Gasteiger partial charge is 0.512 e. The third-order valence-electron chi connectivity index (χ3n) is 6.66. The first-order valence-corrected chi connectivity index (χ1v) is 13.2. The summed E-state index contributed by atoms with van der Waals surface area (Å²) in [4.78, 5) is 11.4. The van der Waals surface area contributed by atoms with E-state index in [4.69, 9.17) is 10.1 Å². The first-order valence-electron chi connectivity index (χ1n) is 12.4. The van der Waals surface area contributed by atoms with E-state index >= 15 is 0 Å². The number of nitrogens with one attached hydrogen (secondary N) is 1. The van der Waals surface area contributed by atoms with Gasteiger partial charge in [-0.05, 0) is 66.8 Å². The van der Waals surface area contributed by atoms with Gasteiger partial charge in [-0.2, -0.15) is 0 Å². The summed E-state index contributed by atoms with van der Waals surface area (Å²) in [5.41, 5.74) is 2.66. The predicted octanol–water partition coefficient (Wildman–Crippen LogP) is 8.14. The van der Waals surface area contributed by atoms with E-state index in [1.807, 2.05) is 25.1 Å². The number of aromatic carboxylic acids is 1. The van der Waals surface area contributed by atoms with Crippen LogP contribution in [0.5, 0.6) is 11.5 Å². The monoisotopic (exact) mass is 567 g/mol. The van der Waals surface area contributed by atoms with E-state index in [0.717, 1.165) is 40.3 Å². The number of benzene rings is 3. The largest absolute Gasteiger partial charge is 0.573 e. The summed E-state index contributed by atoms with van der Waals surface area (Å²) in [5.74, 6) is -1.26. The Labute approximate surface area is 231 Å². The van der Waals surface area contributed by atoms with Crippen LogP contribution in [0.4, 0.5) is 13.2 Å². The number of fused-ring (bicyclic) bond motifs is 1. The third kappa shape index (κ3) is 5.81. The molecular weight excluding hydrogens is 543 g/mol. The number of carbonyl (C=O) groups is 1. The highest BCUT2D eigenvalue weighted by atomic mass is 32.1. The number of aliphatic hydroxyl groups is 1. The summed E-state index contributed by atoms with van der Waals surface area (Å²) < 4.78 is 49.8. The van der Waals surface area contributed by atoms with Gasteiger partial charge >= 0.3 is 12.3 Å². The molecule has 6 nitrogen and oxygen atoms in total. The molecule has 0 bridgehead atoms. The maximum absolute atomic E-state index is 13.0. The molecule has 0 radical (unpaired) electrons. The Morgan fingerprint density at radius 2 is 1.80 bits per heavy atom. The number of aliphatic hydroxyl groups excluding tert-OH is 1. The number of hydrogen-bond acceptors (Lipinski definition) is 6. The van der Waals surface area contributed by atoms with Crippen molar-refractivity contribution in [2.45, 2.75) is 26.1 Å². The molecule has 3 N–H and O–H groups in total. The number of thiophene rings is 1. The number of carboxylic acids is 1. The fourth-order valence-corrected chi connectivity index (χ4v) is 5.47. The van der Waals surface area contributed by atoms with Gasteiger partial charge in [-0.1, -0.05) is 30.3 Å². The van der Waals surface area contributed by atoms with Crippen molar-refractivity contribution in [1.29, 1.82) is 5.41 Å². The number of alkyl halides is 3. The molecule has 1 heterocycles. The molecule has 4 aromatic rings. The number of rotatable bonds is 9. The molecule has 0 atom stereocenters. The van der Waals surface area contributed by atoms with Gasteiger partial charge in [0.05, 0.1) is 16.8 Å². The second kappa shape index (κ2) is 10.7. The van der Waals surface area contributed by atoms with Gasteiger partial charge in [0.1, 0.15) is 23.9 Å². The zero-order valence-electron chi connectivity index (χ0n) is 21.2. The van der Waals surface area contributed by atoms with Gasteiger partial charge in [-0.3, -0.25) is 5.41 Å². The Hall–Kier alpha value is -4.31. The van der Waals surface area contributed by atoms with Gasteiger partial charge in [0, 0.05) is 26.9 Å². The second-order valence-electron chi connectivity index (χ2n) is 9.49. The molecule has 1 aliphatic rings. The number of allylic oxidation sites excluding steroid dienone is 1. The van der Waals surface area contributed by atoms with Crippen LogP contribution in [0.15, 0.2) is 77.4 Å². The van der Waals surface area contributed by atoms with Crippen LogP contribution in [0.3, 0.4) is 0 Å². The molecule has 3 aromatic carbocycles. The second-order valence-corrected chi connectivity index (χ2v) is 10.4. The van der Waals surface area contributed by atoms with Crippen molar-refractivity contribution in [3.05, 3.63) is 94.1 Å². The quantitative estimate of drug-likeness (QED) is 0.140. The number of ether oxygens (including phenoxy) is 2. The zero-order valence-corrected chi connectivity index (χ0v) is 22.0. The van der Waals surface area contributed by atoms with Crippen molar-refractivity contribution >= 4 is 33.1 Å². The van der Waals surface area contributed by atoms with E-state index in [0.29, 0.717) is 11.1 Å². The van der Waals surface area contributed by atoms with Gasteiger partial charge in [0.2, 0.25) is 0 Å². The van der Waals surface area contributed by atoms with Crippen molar-refractivity contribution in [1.82, 2.24) is 0 Å². The standard InChI is InChI=1S/C30H24F3NO5S/c1-16-12-19(9-11-20(16)18-8-10-21-24(29(36)37)15-40-26(21)13-18)38-14-23(28(35)17-6-7-17)27(34)22-4-2-3-5-25(22)39-30(31,32)33/h2-5,8-13,15,17,34-35H,6-7,14H2,1H3,(H,36,37)/b28-23-,34-27?. The lowest BCUT2D eigenvalue weighted by atomic mass is 9.98. The minimum absolute atomic E-state index is 0.0647. The summed E-state index contributed by atoms with van der Waals surface area (Å²) in [6.07, 6.45) is -3.49. The van der Waals surface area contributed by atoms with Gasteiger partial charge in [0.15, 0.2) is 0 Å². The molecule has 1 saturated carbocycles. The van der Waals surface area contributed by atoms with Crippen LogP contribution in [0, 0.1) is 18.3 Å². The highest BCUT2D eigenvalue weighted by Gasteiger charge is 2.34. The molecule has 5 rings (SSSR count). The minimum Gasteiger partial charge on any atom is -0.512 e. The third-order valence-corrected chi connectivity index (χ3v) is 7.60. The van der Waals surface area contributed by atoms with Gasteiger partial charge in [0.25, 0.3) is 0 Å². The van der Waals surface area contributed by atoms with Gasteiger partial charge < -0.3 is 19.7 Å². The van der Waals surface area contributed by atoms with Gasteiger partial charge in [-0.25, -0.2) is 4.79 Å². The molecule has 10 heteroatoms. The highest BCUT2D eigenvalue weighted by molar-refractivity contribution is 7.17. The normalized spacial score (nSPS) is 14.1. The Morgan fingerprint density at radius 1 is 1.05 bits per heavy atom. The fraction of sp³-hybridized carbons (Fsp3) is 0.200. The number of carboxylic acid groups (broad SMARTS) is 1. The fourth-order valence-electron chi connectivity index (χ4n) is 4.49. The lowest BCUT2D eigenvalue weighted by Crippen LogP contribution is -2.21. The van der Waals surface area contributed by atoms with Crippen molar-refractivity contribution in [2.24, 2.45) is 5.92 Å². The first kappa shape index (κ1) is 27.3. The molecule has 1 aliphatic carbocycles. The number of aryl methyl sites for hydroxylation is 1. The molecule has 1 fully saturated rings. The molecule has 0 unspecified atom stereocenters. The summed E-state index contributed by atoms with van der Waals surface area (Å²) in [6.45, 7) is 1.67. The minimum atomic E-state index is -4.93. The lowest BCUT2D eigenvalue weighted by Gasteiger charge is -2.18. The molecule has 206 valence electrons. The predicted molar refractivity (Wildman–Crippen MR) is 147 cm³/mol. The van der Waals surface area contributed by atoms with Crippen LogP contribution in [-0.4, -0.2) is 34.9 Å². The van der Waals surface area contributed by atoms with Crippen molar-refractivity contribution in [2.75, 3.05) is 6.61 Å². The molecule has 0 spiro atoms. The number of hydrogen-bond donors (Lipinski definition) is 3. The molecule has 0 amide bonds. The average molecular weight is 568 g/mol. The molecule has 0 aliphatic heterocycles. The van der Waals surface area contributed by atoms with E-state index in [9.17, 15) is 28.2 Å². The molecular formula is C30H24F3NO5S. The Morgan fingerprint density at radius 3 is 2.48 bits per heavy atom. The van der Waals surface area contributed by atoms with Crippen molar-refractivity contribution in [3.63, 3.8) is 0 Å². The summed E-state index contributed by atoms with van der Waals surface area (Å²) >= 11 is 1.36. The SMILES string of the molecule is Cc1cc(OC/C(C(=N)c2ccccc2OC(F)(F)F)=C(/O)C2CC2)ccc1-c1ccc2c(C(=O)O)csc2c1. The van der Waals surface area contributed by atoms with Crippen LogP contribution < -0.4 is 9.47 Å². The van der Waals surface area contributed by atoms with Gasteiger partial charge in [-0.15, -0.1) is 24.5 Å². The van der Waals surface area contributed by atoms with E-state index < -0.39 is 18.1 Å². The van der Waals surface area contributed by atoms with Crippen molar-refractivity contribution in [3.8, 4) is 22.6 Å². The van der Waals surface area contributed by atoms with Crippen LogP contribution in [0.2, 0.25) is 0 Å². The number of para-hydroxylation sites is 1. The first-order chi connectivity index (χ1) is 19.0. The topological polar surface area (TPSA) is 99.8 Å². The molecule has 0 saturated heterocycles. The van der Waals surface area contributed by atoms with Crippen LogP contribution >= 0.6 is 11.3 Å². The Bertz CT molecular complexity index is 1650. The van der Waals surface area contributed by atoms with E-state index in [1.54, 1.807) is 23.6 Å². The summed E-state index contributed by atoms with van der Waals surface area (Å²) in [7, 11) is 0. The van der Waals surface area contributed by atoms with E-state index in [-0.39, 0.29) is 40.7 Å². The summed E-state index contributed by atoms with van der Waals surface area (Å²) in [6, 6.07) is 16.3. The van der Waals surface area contributed by atoms with Crippen LogP contribution in [-0.2, 0) is 0 Å². The number of halogens is 3. The maximum Gasteiger partial charge on any atom is 0.573 e. The molecule has 40 heavy (non-hydrogen) atoms. The van der Waals surface area contributed by atoms with Crippen molar-refractivity contribution < 1.29 is 37.7 Å². The highest BCUT2D eigenvalue weighted by Crippen LogP contribution is 2.38. The Balaban J connectivity index is 1.38. The zero-order chi connectivity index (χ0) is 28.6. The Kier molecular flexibility index (Phi) is 7.29. The van der Waals surface area contributed by atoms with E-state index in [2.05, 4.69) is 4.74 Å². The van der Waals surface area contributed by atoms with E-state index in [1.165, 1.54) is 29.5 Å².